The van der Waals surface area contributed by atoms with Gasteiger partial charge in [-0.25, -0.2) is 0 Å². The smallest absolute Gasteiger partial charge is 0.253 e. The maximum atomic E-state index is 12.9. The zero-order valence-corrected chi connectivity index (χ0v) is 14.3. The van der Waals surface area contributed by atoms with Crippen LogP contribution in [0.25, 0.3) is 0 Å². The molecular weight excluding hydrogens is 312 g/mol. The summed E-state index contributed by atoms with van der Waals surface area (Å²) in [5.41, 5.74) is 4.84. The van der Waals surface area contributed by atoms with Crippen LogP contribution in [0.3, 0.4) is 0 Å². The third kappa shape index (κ3) is 2.31. The van der Waals surface area contributed by atoms with Crippen molar-refractivity contribution in [1.82, 2.24) is 4.90 Å². The Bertz CT molecular complexity index is 838. The largest absolute Gasteiger partial charge is 0.493 e. The summed E-state index contributed by atoms with van der Waals surface area (Å²) in [6, 6.07) is 14.5. The van der Waals surface area contributed by atoms with Crippen molar-refractivity contribution in [3.8, 4) is 5.75 Å². The molecule has 1 amide bonds. The van der Waals surface area contributed by atoms with E-state index >= 15 is 0 Å². The average Bonchev–Trinajstić information content (AvgIpc) is 3.27. The maximum Gasteiger partial charge on any atom is 0.253 e. The number of nitrogens with zero attached hydrogens (tertiary/aromatic N) is 1. The minimum Gasteiger partial charge on any atom is -0.493 e. The lowest BCUT2D eigenvalue weighted by Crippen LogP contribution is -2.46. The highest BCUT2D eigenvalue weighted by atomic mass is 16.5. The number of hydrogen-bond donors (Lipinski definition) is 1. The van der Waals surface area contributed by atoms with Gasteiger partial charge in [0.15, 0.2) is 0 Å². The molecule has 0 saturated carbocycles. The van der Waals surface area contributed by atoms with E-state index in [0.29, 0.717) is 0 Å². The molecule has 0 radical (unpaired) electrons. The van der Waals surface area contributed by atoms with Crippen LogP contribution in [0.1, 0.15) is 34.3 Å². The van der Waals surface area contributed by atoms with Crippen LogP contribution in [0.2, 0.25) is 0 Å². The first kappa shape index (κ1) is 14.8. The average molecular weight is 334 g/mol. The molecule has 0 bridgehead atoms. The number of nitrogens with one attached hydrogen (secondary N) is 1. The minimum atomic E-state index is 0.156. The fourth-order valence-electron chi connectivity index (χ4n) is 4.55. The van der Waals surface area contributed by atoms with E-state index in [2.05, 4.69) is 29.6 Å². The third-order valence-corrected chi connectivity index (χ3v) is 6.06. The number of ether oxygens (including phenoxy) is 1. The molecule has 4 nitrogen and oxygen atoms in total. The molecule has 0 atom stereocenters. The summed E-state index contributed by atoms with van der Waals surface area (Å²) < 4.78 is 5.54. The van der Waals surface area contributed by atoms with Crippen molar-refractivity contribution in [3.05, 3.63) is 59.2 Å². The molecule has 1 saturated heterocycles. The Kier molecular flexibility index (Phi) is 3.27. The van der Waals surface area contributed by atoms with Gasteiger partial charge in [-0.1, -0.05) is 18.2 Å². The number of carbonyl (C=O) groups is 1. The summed E-state index contributed by atoms with van der Waals surface area (Å²) in [5, 5.41) is 3.55. The van der Waals surface area contributed by atoms with Gasteiger partial charge in [0, 0.05) is 42.7 Å². The Hall–Kier alpha value is -2.49. The number of amides is 1. The van der Waals surface area contributed by atoms with Gasteiger partial charge in [-0.05, 0) is 48.2 Å². The van der Waals surface area contributed by atoms with Gasteiger partial charge >= 0.3 is 0 Å². The number of rotatable bonds is 1. The second-order valence-corrected chi connectivity index (χ2v) is 7.39. The number of anilines is 1. The van der Waals surface area contributed by atoms with Crippen molar-refractivity contribution in [2.75, 3.05) is 31.6 Å². The summed E-state index contributed by atoms with van der Waals surface area (Å²) in [7, 11) is 0. The fourth-order valence-corrected chi connectivity index (χ4v) is 4.55. The van der Waals surface area contributed by atoms with E-state index in [0.717, 1.165) is 62.4 Å². The van der Waals surface area contributed by atoms with Crippen molar-refractivity contribution in [1.29, 1.82) is 0 Å². The van der Waals surface area contributed by atoms with Gasteiger partial charge in [0.05, 0.1) is 6.61 Å². The predicted molar refractivity (Wildman–Crippen MR) is 97.4 cm³/mol. The van der Waals surface area contributed by atoms with Crippen molar-refractivity contribution in [2.24, 2.45) is 0 Å². The normalized spacial score (nSPS) is 19.9. The van der Waals surface area contributed by atoms with Gasteiger partial charge in [0.2, 0.25) is 0 Å². The lowest BCUT2D eigenvalue weighted by molar-refractivity contribution is 0.0676. The van der Waals surface area contributed by atoms with E-state index in [1.807, 2.05) is 23.1 Å². The molecule has 0 aliphatic carbocycles. The lowest BCUT2D eigenvalue weighted by atomic mass is 9.74. The van der Waals surface area contributed by atoms with Crippen LogP contribution in [0.5, 0.6) is 5.75 Å². The standard InChI is InChI=1S/C21H22N2O2/c24-20(16-5-6-19-15(13-16)7-12-25-19)23-10-8-21(9-11-23)14-22-18-4-2-1-3-17(18)21/h1-6,13,22H,7-12,14H2. The predicted octanol–water partition coefficient (Wildman–Crippen LogP) is 3.22. The first-order valence-electron chi connectivity index (χ1n) is 9.14. The fraction of sp³-hybridized carbons (Fsp3) is 0.381. The second kappa shape index (κ2) is 5.51. The van der Waals surface area contributed by atoms with E-state index in [1.165, 1.54) is 11.3 Å². The molecule has 2 aromatic carbocycles. The second-order valence-electron chi connectivity index (χ2n) is 7.39. The van der Waals surface area contributed by atoms with Gasteiger partial charge in [0.1, 0.15) is 5.75 Å². The molecule has 0 aromatic heterocycles. The Balaban J connectivity index is 1.33. The molecule has 3 heterocycles. The molecule has 1 N–H and O–H groups in total. The van der Waals surface area contributed by atoms with Crippen LogP contribution in [0.4, 0.5) is 5.69 Å². The first-order chi connectivity index (χ1) is 12.3. The van der Waals surface area contributed by atoms with Gasteiger partial charge in [-0.3, -0.25) is 4.79 Å². The molecule has 2 aromatic rings. The maximum absolute atomic E-state index is 12.9. The SMILES string of the molecule is O=C(c1ccc2c(c1)CCO2)N1CCC2(CC1)CNc1ccccc12. The number of fused-ring (bicyclic) bond motifs is 3. The van der Waals surface area contributed by atoms with Crippen molar-refractivity contribution in [2.45, 2.75) is 24.7 Å². The van der Waals surface area contributed by atoms with E-state index in [1.54, 1.807) is 0 Å². The molecule has 5 rings (SSSR count). The Morgan fingerprint density at radius 1 is 1.12 bits per heavy atom. The van der Waals surface area contributed by atoms with Crippen LogP contribution < -0.4 is 10.1 Å². The quantitative estimate of drug-likeness (QED) is 0.871. The molecule has 25 heavy (non-hydrogen) atoms. The van der Waals surface area contributed by atoms with Crippen molar-refractivity contribution >= 4 is 11.6 Å². The molecule has 3 aliphatic rings. The molecule has 3 aliphatic heterocycles. The first-order valence-corrected chi connectivity index (χ1v) is 9.14. The van der Waals surface area contributed by atoms with Crippen LogP contribution in [0.15, 0.2) is 42.5 Å². The summed E-state index contributed by atoms with van der Waals surface area (Å²) in [6.45, 7) is 3.36. The van der Waals surface area contributed by atoms with Gasteiger partial charge < -0.3 is 15.0 Å². The van der Waals surface area contributed by atoms with Gasteiger partial charge in [-0.15, -0.1) is 0 Å². The molecular formula is C21H22N2O2. The van der Waals surface area contributed by atoms with Crippen molar-refractivity contribution in [3.63, 3.8) is 0 Å². The summed E-state index contributed by atoms with van der Waals surface area (Å²) >= 11 is 0. The summed E-state index contributed by atoms with van der Waals surface area (Å²) in [6.07, 6.45) is 2.95. The zero-order valence-electron chi connectivity index (χ0n) is 14.3. The van der Waals surface area contributed by atoms with E-state index in [-0.39, 0.29) is 11.3 Å². The van der Waals surface area contributed by atoms with E-state index < -0.39 is 0 Å². The third-order valence-electron chi connectivity index (χ3n) is 6.06. The Morgan fingerprint density at radius 3 is 2.84 bits per heavy atom. The topological polar surface area (TPSA) is 41.6 Å². The van der Waals surface area contributed by atoms with E-state index in [4.69, 9.17) is 4.74 Å². The van der Waals surface area contributed by atoms with Crippen LogP contribution >= 0.6 is 0 Å². The van der Waals surface area contributed by atoms with Crippen molar-refractivity contribution < 1.29 is 9.53 Å². The highest BCUT2D eigenvalue weighted by Crippen LogP contribution is 2.44. The summed E-state index contributed by atoms with van der Waals surface area (Å²) in [4.78, 5) is 14.9. The highest BCUT2D eigenvalue weighted by Gasteiger charge is 2.42. The number of para-hydroxylation sites is 1. The molecule has 1 fully saturated rings. The number of hydrogen-bond acceptors (Lipinski definition) is 3. The highest BCUT2D eigenvalue weighted by molar-refractivity contribution is 5.94. The van der Waals surface area contributed by atoms with Gasteiger partial charge in [0.25, 0.3) is 5.91 Å². The Morgan fingerprint density at radius 2 is 1.96 bits per heavy atom. The Labute approximate surface area is 147 Å². The number of likely N-dealkylation sites (tertiary alicyclic amines) is 1. The molecule has 0 unspecified atom stereocenters. The number of carbonyl (C=O) groups excluding carboxylic acids is 1. The molecule has 4 heteroatoms. The molecule has 128 valence electrons. The molecule has 1 spiro atoms. The minimum absolute atomic E-state index is 0.156. The van der Waals surface area contributed by atoms with Gasteiger partial charge in [-0.2, -0.15) is 0 Å². The monoisotopic (exact) mass is 334 g/mol. The van der Waals surface area contributed by atoms with Crippen LogP contribution in [-0.4, -0.2) is 37.0 Å². The lowest BCUT2D eigenvalue weighted by Gasteiger charge is -2.39. The van der Waals surface area contributed by atoms with Crippen LogP contribution in [0, 0.1) is 0 Å². The zero-order chi connectivity index (χ0) is 16.9. The number of benzene rings is 2. The summed E-state index contributed by atoms with van der Waals surface area (Å²) in [5.74, 6) is 1.09. The van der Waals surface area contributed by atoms with Crippen LogP contribution in [-0.2, 0) is 11.8 Å². The number of piperidine rings is 1. The van der Waals surface area contributed by atoms with E-state index in [9.17, 15) is 4.79 Å².